The van der Waals surface area contributed by atoms with Gasteiger partial charge in [0.05, 0.1) is 0 Å². The third-order valence-electron chi connectivity index (χ3n) is 1.40. The Hall–Kier alpha value is -0.650. The van der Waals surface area contributed by atoms with Gasteiger partial charge in [0.25, 0.3) is 0 Å². The summed E-state index contributed by atoms with van der Waals surface area (Å²) in [4.78, 5) is 0. The average Bonchev–Trinajstić information content (AvgIpc) is 2.47. The summed E-state index contributed by atoms with van der Waals surface area (Å²) in [6.45, 7) is 4.00. The zero-order chi connectivity index (χ0) is 10.8. The molecule has 0 aromatic carbocycles. The van der Waals surface area contributed by atoms with Crippen LogP contribution in [0.1, 0.15) is 19.5 Å². The average molecular weight is 224 g/mol. The molecule has 1 aromatic rings. The molecular formula is C8H11F3N2S. The largest absolute Gasteiger partial charge is 0.435 e. The van der Waals surface area contributed by atoms with Gasteiger partial charge in [-0.3, -0.25) is 0 Å². The van der Waals surface area contributed by atoms with Crippen LogP contribution in [0.3, 0.4) is 0 Å². The predicted molar refractivity (Wildman–Crippen MR) is 49.9 cm³/mol. The van der Waals surface area contributed by atoms with E-state index in [1.165, 1.54) is 22.2 Å². The quantitative estimate of drug-likeness (QED) is 0.785. The molecule has 0 aliphatic heterocycles. The van der Waals surface area contributed by atoms with E-state index < -0.39 is 11.9 Å². The third kappa shape index (κ3) is 3.25. The van der Waals surface area contributed by atoms with Crippen molar-refractivity contribution in [3.63, 3.8) is 0 Å². The molecule has 0 atom stereocenters. The van der Waals surface area contributed by atoms with Crippen LogP contribution in [0.4, 0.5) is 13.2 Å². The molecule has 0 spiro atoms. The predicted octanol–water partition coefficient (Wildman–Crippen LogP) is 3.05. The molecule has 1 rings (SSSR count). The van der Waals surface area contributed by atoms with Crippen molar-refractivity contribution in [3.05, 3.63) is 18.0 Å². The molecule has 1 heterocycles. The Kier molecular flexibility index (Phi) is 3.47. The maximum atomic E-state index is 12.1. The fraction of sp³-hybridized carbons (Fsp3) is 0.625. The van der Waals surface area contributed by atoms with E-state index >= 15 is 0 Å². The van der Waals surface area contributed by atoms with Gasteiger partial charge in [0, 0.05) is 11.9 Å². The lowest BCUT2D eigenvalue weighted by Crippen LogP contribution is -2.06. The van der Waals surface area contributed by atoms with Gasteiger partial charge >= 0.3 is 6.18 Å². The van der Waals surface area contributed by atoms with E-state index in [4.69, 9.17) is 0 Å². The van der Waals surface area contributed by atoms with Crippen LogP contribution in [-0.4, -0.2) is 14.9 Å². The second kappa shape index (κ2) is 4.25. The minimum absolute atomic E-state index is 0.429. The van der Waals surface area contributed by atoms with Crippen molar-refractivity contribution in [2.24, 2.45) is 5.92 Å². The van der Waals surface area contributed by atoms with Gasteiger partial charge in [-0.25, -0.2) is 4.09 Å². The molecule has 0 fully saturated rings. The Morgan fingerprint density at radius 3 is 2.57 bits per heavy atom. The Labute approximate surface area is 84.6 Å². The highest BCUT2D eigenvalue weighted by atomic mass is 32.2. The van der Waals surface area contributed by atoms with Crippen molar-refractivity contribution >= 4 is 11.9 Å². The zero-order valence-electron chi connectivity index (χ0n) is 7.88. The molecule has 2 nitrogen and oxygen atoms in total. The molecule has 0 amide bonds. The van der Waals surface area contributed by atoms with Gasteiger partial charge in [-0.2, -0.15) is 18.3 Å². The first-order valence-corrected chi connectivity index (χ1v) is 5.10. The second-order valence-electron chi connectivity index (χ2n) is 3.29. The molecule has 1 aromatic heterocycles. The SMILES string of the molecule is CC(C)CSn1ccc(C(F)(F)F)n1. The molecule has 14 heavy (non-hydrogen) atoms. The molecular weight excluding hydrogens is 213 g/mol. The normalized spacial score (nSPS) is 12.4. The van der Waals surface area contributed by atoms with E-state index in [0.717, 1.165) is 11.8 Å². The summed E-state index contributed by atoms with van der Waals surface area (Å²) in [6.07, 6.45) is -3.01. The van der Waals surface area contributed by atoms with Crippen LogP contribution in [0.25, 0.3) is 0 Å². The molecule has 0 saturated heterocycles. The number of rotatable bonds is 3. The van der Waals surface area contributed by atoms with Gasteiger partial charge < -0.3 is 0 Å². The Bertz CT molecular complexity index is 293. The topological polar surface area (TPSA) is 17.8 Å². The lowest BCUT2D eigenvalue weighted by Gasteiger charge is -2.03. The van der Waals surface area contributed by atoms with Gasteiger partial charge in [-0.15, -0.1) is 0 Å². The summed E-state index contributed by atoms with van der Waals surface area (Å²) < 4.78 is 37.6. The van der Waals surface area contributed by atoms with E-state index in [9.17, 15) is 13.2 Å². The van der Waals surface area contributed by atoms with Crippen LogP contribution in [0.15, 0.2) is 12.3 Å². The molecule has 0 N–H and O–H groups in total. The Balaban J connectivity index is 2.60. The van der Waals surface area contributed by atoms with Crippen LogP contribution in [0.5, 0.6) is 0 Å². The van der Waals surface area contributed by atoms with Gasteiger partial charge in [-0.05, 0) is 23.9 Å². The maximum absolute atomic E-state index is 12.1. The zero-order valence-corrected chi connectivity index (χ0v) is 8.69. The minimum atomic E-state index is -4.34. The van der Waals surface area contributed by atoms with Crippen LogP contribution in [0, 0.1) is 5.92 Å². The summed E-state index contributed by atoms with van der Waals surface area (Å²) >= 11 is 1.27. The number of aromatic nitrogens is 2. The minimum Gasteiger partial charge on any atom is -0.214 e. The van der Waals surface area contributed by atoms with Crippen LogP contribution >= 0.6 is 11.9 Å². The smallest absolute Gasteiger partial charge is 0.214 e. The van der Waals surface area contributed by atoms with E-state index in [-0.39, 0.29) is 0 Å². The second-order valence-corrected chi connectivity index (χ2v) is 4.26. The molecule has 0 aliphatic rings. The molecule has 6 heteroatoms. The highest BCUT2D eigenvalue weighted by Gasteiger charge is 2.33. The van der Waals surface area contributed by atoms with Crippen molar-refractivity contribution in [2.75, 3.05) is 5.75 Å². The fourth-order valence-electron chi connectivity index (χ4n) is 0.756. The number of halogens is 3. The fourth-order valence-corrected chi connectivity index (χ4v) is 1.50. The van der Waals surface area contributed by atoms with E-state index in [0.29, 0.717) is 5.92 Å². The van der Waals surface area contributed by atoms with E-state index in [1.54, 1.807) is 0 Å². The van der Waals surface area contributed by atoms with E-state index in [2.05, 4.69) is 5.10 Å². The number of hydrogen-bond acceptors (Lipinski definition) is 2. The maximum Gasteiger partial charge on any atom is 0.435 e. The molecule has 0 radical (unpaired) electrons. The first-order valence-electron chi connectivity index (χ1n) is 4.15. The first kappa shape index (κ1) is 11.4. The van der Waals surface area contributed by atoms with Crippen molar-refractivity contribution in [3.8, 4) is 0 Å². The van der Waals surface area contributed by atoms with Crippen LogP contribution < -0.4 is 0 Å². The van der Waals surface area contributed by atoms with Crippen molar-refractivity contribution in [1.29, 1.82) is 0 Å². The van der Waals surface area contributed by atoms with Gasteiger partial charge in [0.15, 0.2) is 5.69 Å². The summed E-state index contributed by atoms with van der Waals surface area (Å²) in [7, 11) is 0. The number of hydrogen-bond donors (Lipinski definition) is 0. The van der Waals surface area contributed by atoms with E-state index in [1.807, 2.05) is 13.8 Å². The molecule has 80 valence electrons. The highest BCUT2D eigenvalue weighted by molar-refractivity contribution is 7.97. The summed E-state index contributed by atoms with van der Waals surface area (Å²) in [5.74, 6) is 1.18. The van der Waals surface area contributed by atoms with Crippen LogP contribution in [0.2, 0.25) is 0 Å². The highest BCUT2D eigenvalue weighted by Crippen LogP contribution is 2.28. The number of nitrogens with zero attached hydrogens (tertiary/aromatic N) is 2. The van der Waals surface area contributed by atoms with Crippen molar-refractivity contribution < 1.29 is 13.2 Å². The van der Waals surface area contributed by atoms with Crippen LogP contribution in [-0.2, 0) is 6.18 Å². The monoisotopic (exact) mass is 224 g/mol. The van der Waals surface area contributed by atoms with Gasteiger partial charge in [0.2, 0.25) is 0 Å². The standard InChI is InChI=1S/C8H11F3N2S/c1-6(2)5-14-13-4-3-7(12-13)8(9,10)11/h3-4,6H,5H2,1-2H3. The van der Waals surface area contributed by atoms with Gasteiger partial charge in [0.1, 0.15) is 0 Å². The first-order chi connectivity index (χ1) is 6.39. The summed E-state index contributed by atoms with van der Waals surface area (Å²) in [5, 5.41) is 3.41. The van der Waals surface area contributed by atoms with Crippen molar-refractivity contribution in [2.45, 2.75) is 20.0 Å². The third-order valence-corrected chi connectivity index (χ3v) is 2.68. The molecule has 0 bridgehead atoms. The Morgan fingerprint density at radius 2 is 2.14 bits per heavy atom. The lowest BCUT2D eigenvalue weighted by molar-refractivity contribution is -0.141. The summed E-state index contributed by atoms with van der Waals surface area (Å²) in [5.41, 5.74) is -0.839. The molecule has 0 aliphatic carbocycles. The molecule has 0 saturated carbocycles. The summed E-state index contributed by atoms with van der Waals surface area (Å²) in [6, 6.07) is 0.979. The molecule has 0 unspecified atom stereocenters. The van der Waals surface area contributed by atoms with Crippen molar-refractivity contribution in [1.82, 2.24) is 9.19 Å². The van der Waals surface area contributed by atoms with Gasteiger partial charge in [-0.1, -0.05) is 13.8 Å². The lowest BCUT2D eigenvalue weighted by atomic mass is 10.3. The Morgan fingerprint density at radius 1 is 1.50 bits per heavy atom. The number of alkyl halides is 3.